The summed E-state index contributed by atoms with van der Waals surface area (Å²) in [4.78, 5) is 20.6. The molecule has 2 aromatic rings. The fourth-order valence-electron chi connectivity index (χ4n) is 1.18. The number of hydrogen-bond acceptors (Lipinski definition) is 3. The Morgan fingerprint density at radius 3 is 2.67 bits per heavy atom. The van der Waals surface area contributed by atoms with Crippen LogP contribution in [0.15, 0.2) is 42.7 Å². The van der Waals surface area contributed by atoms with Crippen molar-refractivity contribution < 1.29 is 9.63 Å². The molecule has 1 aromatic heterocycles. The Labute approximate surface area is 87.1 Å². The lowest BCUT2D eigenvalue weighted by Gasteiger charge is -2.04. The molecule has 4 heteroatoms. The number of carbonyl (C=O) groups is 1. The van der Waals surface area contributed by atoms with Gasteiger partial charge in [0.2, 0.25) is 0 Å². The topological polar surface area (TPSA) is 44.1 Å². The van der Waals surface area contributed by atoms with E-state index in [0.29, 0.717) is 11.4 Å². The summed E-state index contributed by atoms with van der Waals surface area (Å²) in [6, 6.07) is 8.83. The molecule has 1 aromatic carbocycles. The van der Waals surface area contributed by atoms with Crippen LogP contribution in [0, 0.1) is 6.92 Å². The van der Waals surface area contributed by atoms with Gasteiger partial charge in [0, 0.05) is 6.20 Å². The van der Waals surface area contributed by atoms with Gasteiger partial charge in [0.1, 0.15) is 5.82 Å². The molecule has 0 saturated carbocycles. The molecule has 0 N–H and O–H groups in total. The summed E-state index contributed by atoms with van der Waals surface area (Å²) < 4.78 is 1.34. The Hall–Kier alpha value is -2.10. The van der Waals surface area contributed by atoms with Crippen LogP contribution in [0.1, 0.15) is 16.2 Å². The van der Waals surface area contributed by atoms with E-state index >= 15 is 0 Å². The quantitative estimate of drug-likeness (QED) is 0.740. The van der Waals surface area contributed by atoms with Crippen LogP contribution < -0.4 is 4.84 Å². The highest BCUT2D eigenvalue weighted by atomic mass is 16.7. The first-order chi connectivity index (χ1) is 7.27. The molecule has 0 bridgehead atoms. The Bertz CT molecular complexity index is 462. The maximum atomic E-state index is 11.6. The zero-order valence-corrected chi connectivity index (χ0v) is 8.25. The van der Waals surface area contributed by atoms with Gasteiger partial charge in [0.15, 0.2) is 0 Å². The molecule has 15 heavy (non-hydrogen) atoms. The fraction of sp³-hybridized carbons (Fsp3) is 0.0909. The molecular weight excluding hydrogens is 192 g/mol. The molecule has 0 spiro atoms. The molecule has 4 nitrogen and oxygen atoms in total. The van der Waals surface area contributed by atoms with Crippen molar-refractivity contribution >= 4 is 5.97 Å². The maximum absolute atomic E-state index is 11.6. The van der Waals surface area contributed by atoms with Gasteiger partial charge >= 0.3 is 5.97 Å². The lowest BCUT2D eigenvalue weighted by atomic mass is 10.2. The number of aromatic nitrogens is 2. The molecule has 0 unspecified atom stereocenters. The normalized spacial score (nSPS) is 9.93. The third kappa shape index (κ3) is 2.04. The Morgan fingerprint density at radius 1 is 1.33 bits per heavy atom. The van der Waals surface area contributed by atoms with E-state index in [4.69, 9.17) is 4.84 Å². The molecule has 0 atom stereocenters. The van der Waals surface area contributed by atoms with E-state index in [0.717, 1.165) is 0 Å². The molecule has 76 valence electrons. The van der Waals surface area contributed by atoms with E-state index in [9.17, 15) is 4.79 Å². The van der Waals surface area contributed by atoms with Crippen molar-refractivity contribution in [3.05, 3.63) is 54.1 Å². The van der Waals surface area contributed by atoms with Gasteiger partial charge in [0.05, 0.1) is 11.8 Å². The number of carbonyl (C=O) groups excluding carboxylic acids is 1. The molecule has 0 saturated heterocycles. The summed E-state index contributed by atoms with van der Waals surface area (Å²) >= 11 is 0. The lowest BCUT2D eigenvalue weighted by molar-refractivity contribution is 0.0450. The molecule has 1 heterocycles. The summed E-state index contributed by atoms with van der Waals surface area (Å²) in [7, 11) is 0. The van der Waals surface area contributed by atoms with Crippen molar-refractivity contribution in [1.29, 1.82) is 0 Å². The van der Waals surface area contributed by atoms with E-state index in [-0.39, 0.29) is 0 Å². The minimum absolute atomic E-state index is 0.392. The van der Waals surface area contributed by atoms with Crippen LogP contribution in [0.4, 0.5) is 0 Å². The zero-order valence-electron chi connectivity index (χ0n) is 8.25. The Balaban J connectivity index is 2.15. The SMILES string of the molecule is Cc1nccn1OC(=O)c1ccccc1. The van der Waals surface area contributed by atoms with Crippen LogP contribution in [0.3, 0.4) is 0 Å². The van der Waals surface area contributed by atoms with E-state index in [2.05, 4.69) is 4.98 Å². The first-order valence-corrected chi connectivity index (χ1v) is 4.55. The second kappa shape index (κ2) is 3.96. The molecule has 0 aliphatic carbocycles. The van der Waals surface area contributed by atoms with Crippen molar-refractivity contribution in [2.75, 3.05) is 0 Å². The van der Waals surface area contributed by atoms with Gasteiger partial charge in [-0.15, -0.1) is 0 Å². The average Bonchev–Trinajstić information content (AvgIpc) is 2.66. The van der Waals surface area contributed by atoms with Gasteiger partial charge in [-0.2, -0.15) is 4.73 Å². The highest BCUT2D eigenvalue weighted by molar-refractivity contribution is 5.89. The van der Waals surface area contributed by atoms with Crippen LogP contribution in [0.25, 0.3) is 0 Å². The first-order valence-electron chi connectivity index (χ1n) is 4.55. The fourth-order valence-corrected chi connectivity index (χ4v) is 1.18. The van der Waals surface area contributed by atoms with Crippen LogP contribution in [-0.2, 0) is 0 Å². The van der Waals surface area contributed by atoms with Gasteiger partial charge in [-0.1, -0.05) is 18.2 Å². The van der Waals surface area contributed by atoms with E-state index in [1.165, 1.54) is 4.73 Å². The second-order valence-electron chi connectivity index (χ2n) is 3.05. The van der Waals surface area contributed by atoms with Gasteiger partial charge in [-0.25, -0.2) is 9.78 Å². The van der Waals surface area contributed by atoms with Crippen molar-refractivity contribution in [2.24, 2.45) is 0 Å². The predicted molar refractivity (Wildman–Crippen MR) is 54.3 cm³/mol. The summed E-state index contributed by atoms with van der Waals surface area (Å²) in [6.45, 7) is 1.76. The molecule has 0 radical (unpaired) electrons. The van der Waals surface area contributed by atoms with Gasteiger partial charge in [-0.3, -0.25) is 0 Å². The van der Waals surface area contributed by atoms with Crippen LogP contribution in [-0.4, -0.2) is 15.7 Å². The Morgan fingerprint density at radius 2 is 2.07 bits per heavy atom. The number of rotatable bonds is 2. The third-order valence-electron chi connectivity index (χ3n) is 1.97. The van der Waals surface area contributed by atoms with E-state index < -0.39 is 5.97 Å². The standard InChI is InChI=1S/C11H10N2O2/c1-9-12-7-8-13(9)15-11(14)10-5-3-2-4-6-10/h2-8H,1H3. The van der Waals surface area contributed by atoms with Gasteiger partial charge in [0.25, 0.3) is 0 Å². The van der Waals surface area contributed by atoms with E-state index in [1.807, 2.05) is 6.07 Å². The molecule has 0 fully saturated rings. The third-order valence-corrected chi connectivity index (χ3v) is 1.97. The van der Waals surface area contributed by atoms with E-state index in [1.54, 1.807) is 43.6 Å². The largest absolute Gasteiger partial charge is 0.363 e. The monoisotopic (exact) mass is 202 g/mol. The number of imidazole rings is 1. The minimum atomic E-state index is -0.392. The highest BCUT2D eigenvalue weighted by Gasteiger charge is 2.08. The summed E-state index contributed by atoms with van der Waals surface area (Å²) in [5.74, 6) is 0.246. The number of hydrogen-bond donors (Lipinski definition) is 0. The van der Waals surface area contributed by atoms with Crippen molar-refractivity contribution in [3.8, 4) is 0 Å². The average molecular weight is 202 g/mol. The molecule has 0 aliphatic heterocycles. The summed E-state index contributed by atoms with van der Waals surface area (Å²) in [5, 5.41) is 0. The summed E-state index contributed by atoms with van der Waals surface area (Å²) in [5.41, 5.74) is 0.519. The highest BCUT2D eigenvalue weighted by Crippen LogP contribution is 2.00. The van der Waals surface area contributed by atoms with Crippen LogP contribution >= 0.6 is 0 Å². The lowest BCUT2D eigenvalue weighted by Crippen LogP contribution is -2.20. The maximum Gasteiger partial charge on any atom is 0.363 e. The second-order valence-corrected chi connectivity index (χ2v) is 3.05. The van der Waals surface area contributed by atoms with Gasteiger partial charge < -0.3 is 4.84 Å². The van der Waals surface area contributed by atoms with Crippen molar-refractivity contribution in [2.45, 2.75) is 6.92 Å². The predicted octanol–water partition coefficient (Wildman–Crippen LogP) is 1.46. The zero-order chi connectivity index (χ0) is 10.7. The van der Waals surface area contributed by atoms with Crippen molar-refractivity contribution in [3.63, 3.8) is 0 Å². The number of benzene rings is 1. The molecule has 2 rings (SSSR count). The number of aryl methyl sites for hydroxylation is 1. The van der Waals surface area contributed by atoms with Crippen LogP contribution in [0.2, 0.25) is 0 Å². The van der Waals surface area contributed by atoms with Gasteiger partial charge in [-0.05, 0) is 19.1 Å². The first kappa shape index (κ1) is 9.45. The molecule has 0 aliphatic rings. The number of nitrogens with zero attached hydrogens (tertiary/aromatic N) is 2. The van der Waals surface area contributed by atoms with Crippen molar-refractivity contribution in [1.82, 2.24) is 9.71 Å². The Kier molecular flexibility index (Phi) is 2.49. The molecule has 0 amide bonds. The molecular formula is C11H10N2O2. The smallest absolute Gasteiger partial charge is 0.330 e. The van der Waals surface area contributed by atoms with Crippen LogP contribution in [0.5, 0.6) is 0 Å². The minimum Gasteiger partial charge on any atom is -0.330 e. The summed E-state index contributed by atoms with van der Waals surface area (Å²) in [6.07, 6.45) is 3.17.